The molecule has 0 bridgehead atoms. The van der Waals surface area contributed by atoms with Gasteiger partial charge in [0.1, 0.15) is 0 Å². The molecule has 0 amide bonds. The van der Waals surface area contributed by atoms with E-state index in [9.17, 15) is 0 Å². The fourth-order valence-electron chi connectivity index (χ4n) is 4.00. The third kappa shape index (κ3) is 7.61. The van der Waals surface area contributed by atoms with Gasteiger partial charge in [0.25, 0.3) is 0 Å². The van der Waals surface area contributed by atoms with Crippen molar-refractivity contribution < 1.29 is 0 Å². The van der Waals surface area contributed by atoms with E-state index in [4.69, 9.17) is 0 Å². The Bertz CT molecular complexity index is 864. The van der Waals surface area contributed by atoms with Crippen LogP contribution < -0.4 is 0 Å². The van der Waals surface area contributed by atoms with Crippen LogP contribution in [0.4, 0.5) is 0 Å². The highest BCUT2D eigenvalue weighted by atomic mass is 14.9. The number of rotatable bonds is 13. The monoisotopic (exact) mass is 414 g/mol. The van der Waals surface area contributed by atoms with E-state index < -0.39 is 0 Å². The molecule has 31 heavy (non-hydrogen) atoms. The quantitative estimate of drug-likeness (QED) is 0.262. The highest BCUT2D eigenvalue weighted by Crippen LogP contribution is 2.24. The number of hydrogen-bond donors (Lipinski definition) is 0. The first-order valence-corrected chi connectivity index (χ1v) is 12.3. The van der Waals surface area contributed by atoms with Crippen molar-refractivity contribution in [3.8, 4) is 22.5 Å². The fourth-order valence-corrected chi connectivity index (χ4v) is 4.00. The molecule has 1 heterocycles. The zero-order chi connectivity index (χ0) is 21.7. The van der Waals surface area contributed by atoms with E-state index in [0.717, 1.165) is 17.8 Å². The van der Waals surface area contributed by atoms with Gasteiger partial charge in [0, 0.05) is 18.0 Å². The Hall–Kier alpha value is -2.48. The molecule has 0 saturated carbocycles. The molecule has 0 saturated heterocycles. The van der Waals surface area contributed by atoms with Gasteiger partial charge >= 0.3 is 0 Å². The molecule has 0 aliphatic carbocycles. The highest BCUT2D eigenvalue weighted by molar-refractivity contribution is 5.67. The van der Waals surface area contributed by atoms with E-state index in [0.29, 0.717) is 0 Å². The van der Waals surface area contributed by atoms with Crippen molar-refractivity contribution in [3.63, 3.8) is 0 Å². The van der Waals surface area contributed by atoms with Gasteiger partial charge in [-0.1, -0.05) is 107 Å². The van der Waals surface area contributed by atoms with Gasteiger partial charge in [-0.3, -0.25) is 0 Å². The summed E-state index contributed by atoms with van der Waals surface area (Å²) >= 11 is 0. The van der Waals surface area contributed by atoms with Crippen molar-refractivity contribution in [1.29, 1.82) is 0 Å². The molecule has 0 aliphatic heterocycles. The predicted molar refractivity (Wildman–Crippen MR) is 133 cm³/mol. The maximum Gasteiger partial charge on any atom is 0.159 e. The first-order chi connectivity index (χ1) is 15.3. The average molecular weight is 415 g/mol. The number of unbranched alkanes of at least 4 members (excludes halogenated alkanes) is 7. The summed E-state index contributed by atoms with van der Waals surface area (Å²) in [4.78, 5) is 9.22. The van der Waals surface area contributed by atoms with Gasteiger partial charge in [-0.25, -0.2) is 9.97 Å². The molecule has 2 heteroatoms. The molecule has 0 radical (unpaired) electrons. The summed E-state index contributed by atoms with van der Waals surface area (Å²) < 4.78 is 0. The number of aryl methyl sites for hydroxylation is 2. The third-order valence-electron chi connectivity index (χ3n) is 6.02. The zero-order valence-corrected chi connectivity index (χ0v) is 19.4. The zero-order valence-electron chi connectivity index (χ0n) is 19.4. The first kappa shape index (κ1) is 23.2. The van der Waals surface area contributed by atoms with Crippen LogP contribution in [0.1, 0.15) is 82.8 Å². The SMILES string of the molecule is CCCCCCCc1cnc(-c2ccc(-c3ccc(CCCCCC)cc3)cc2)nc1. The Morgan fingerprint density at radius 3 is 1.52 bits per heavy atom. The van der Waals surface area contributed by atoms with E-state index in [1.807, 2.05) is 12.4 Å². The minimum absolute atomic E-state index is 0.809. The standard InChI is InChI=1S/C29H38N2/c1-3-5-7-9-11-13-25-22-30-29(31-23-25)28-20-18-27(19-21-28)26-16-14-24(15-17-26)12-10-8-6-4-2/h14-23H,3-13H2,1-2H3. The second kappa shape index (κ2) is 13.0. The maximum absolute atomic E-state index is 4.61. The van der Waals surface area contributed by atoms with Gasteiger partial charge in [0.15, 0.2) is 5.82 Å². The van der Waals surface area contributed by atoms with Gasteiger partial charge < -0.3 is 0 Å². The smallest absolute Gasteiger partial charge is 0.159 e. The van der Waals surface area contributed by atoms with Crippen molar-refractivity contribution in [2.45, 2.75) is 84.5 Å². The molecule has 0 spiro atoms. The molecule has 2 aromatic carbocycles. The average Bonchev–Trinajstić information content (AvgIpc) is 2.83. The fraction of sp³-hybridized carbons (Fsp3) is 0.448. The maximum atomic E-state index is 4.61. The van der Waals surface area contributed by atoms with Crippen LogP contribution in [0.15, 0.2) is 60.9 Å². The molecule has 3 rings (SSSR count). The molecule has 1 aromatic heterocycles. The molecule has 0 atom stereocenters. The molecule has 0 fully saturated rings. The summed E-state index contributed by atoms with van der Waals surface area (Å²) in [5.41, 5.74) is 6.26. The minimum Gasteiger partial charge on any atom is -0.236 e. The van der Waals surface area contributed by atoms with Crippen molar-refractivity contribution in [1.82, 2.24) is 9.97 Å². The Morgan fingerprint density at radius 1 is 0.484 bits per heavy atom. The number of benzene rings is 2. The van der Waals surface area contributed by atoms with Crippen LogP contribution in [-0.4, -0.2) is 9.97 Å². The van der Waals surface area contributed by atoms with E-state index in [1.54, 1.807) is 0 Å². The van der Waals surface area contributed by atoms with Crippen LogP contribution in [0.2, 0.25) is 0 Å². The summed E-state index contributed by atoms with van der Waals surface area (Å²) in [5.74, 6) is 0.809. The molecule has 0 N–H and O–H groups in total. The lowest BCUT2D eigenvalue weighted by Crippen LogP contribution is -1.93. The minimum atomic E-state index is 0.809. The molecular formula is C29H38N2. The van der Waals surface area contributed by atoms with E-state index in [2.05, 4.69) is 72.3 Å². The molecular weight excluding hydrogens is 376 g/mol. The van der Waals surface area contributed by atoms with E-state index >= 15 is 0 Å². The Labute approximate surface area is 189 Å². The second-order valence-electron chi connectivity index (χ2n) is 8.66. The predicted octanol–water partition coefficient (Wildman–Crippen LogP) is 8.45. The van der Waals surface area contributed by atoms with Crippen molar-refractivity contribution in [3.05, 3.63) is 72.1 Å². The summed E-state index contributed by atoms with van der Waals surface area (Å²) in [6.45, 7) is 4.52. The van der Waals surface area contributed by atoms with Crippen LogP contribution >= 0.6 is 0 Å². The normalized spacial score (nSPS) is 11.0. The van der Waals surface area contributed by atoms with Crippen molar-refractivity contribution in [2.75, 3.05) is 0 Å². The number of aromatic nitrogens is 2. The third-order valence-corrected chi connectivity index (χ3v) is 6.02. The summed E-state index contributed by atoms with van der Waals surface area (Å²) in [7, 11) is 0. The molecule has 164 valence electrons. The van der Waals surface area contributed by atoms with E-state index in [1.165, 1.54) is 86.5 Å². The Kier molecular flexibility index (Phi) is 9.76. The molecule has 3 aromatic rings. The molecule has 0 aliphatic rings. The van der Waals surface area contributed by atoms with Gasteiger partial charge in [0.05, 0.1) is 0 Å². The summed E-state index contributed by atoms with van der Waals surface area (Å²) in [5, 5.41) is 0. The summed E-state index contributed by atoms with van der Waals surface area (Å²) in [6, 6.07) is 17.7. The van der Waals surface area contributed by atoms with Gasteiger partial charge in [-0.05, 0) is 47.9 Å². The lowest BCUT2D eigenvalue weighted by molar-refractivity contribution is 0.631. The first-order valence-electron chi connectivity index (χ1n) is 12.3. The number of nitrogens with zero attached hydrogens (tertiary/aromatic N) is 2. The Balaban J connectivity index is 1.53. The number of hydrogen-bond acceptors (Lipinski definition) is 2. The highest BCUT2D eigenvalue weighted by Gasteiger charge is 2.04. The van der Waals surface area contributed by atoms with Crippen LogP contribution in [0.3, 0.4) is 0 Å². The molecule has 2 nitrogen and oxygen atoms in total. The van der Waals surface area contributed by atoms with E-state index in [-0.39, 0.29) is 0 Å². The van der Waals surface area contributed by atoms with Gasteiger partial charge in [-0.2, -0.15) is 0 Å². The van der Waals surface area contributed by atoms with Gasteiger partial charge in [0.2, 0.25) is 0 Å². The van der Waals surface area contributed by atoms with Crippen molar-refractivity contribution in [2.24, 2.45) is 0 Å². The lowest BCUT2D eigenvalue weighted by Gasteiger charge is -2.07. The van der Waals surface area contributed by atoms with Crippen LogP contribution in [0, 0.1) is 0 Å². The van der Waals surface area contributed by atoms with Crippen LogP contribution in [-0.2, 0) is 12.8 Å². The topological polar surface area (TPSA) is 25.8 Å². The Morgan fingerprint density at radius 2 is 0.935 bits per heavy atom. The largest absolute Gasteiger partial charge is 0.236 e. The van der Waals surface area contributed by atoms with Crippen molar-refractivity contribution >= 4 is 0 Å². The van der Waals surface area contributed by atoms with Gasteiger partial charge in [-0.15, -0.1) is 0 Å². The lowest BCUT2D eigenvalue weighted by atomic mass is 10.00. The summed E-state index contributed by atoms with van der Waals surface area (Å²) in [6.07, 6.45) is 18.0. The van der Waals surface area contributed by atoms with Crippen LogP contribution in [0.5, 0.6) is 0 Å². The molecule has 0 unspecified atom stereocenters. The second-order valence-corrected chi connectivity index (χ2v) is 8.66. The van der Waals surface area contributed by atoms with Crippen LogP contribution in [0.25, 0.3) is 22.5 Å².